The standard InChI is InChI=1S/C20H28ClN2O/c1-20(2,18-10-12-19(21)13-11-18)22-14-15-24-23(3,4)16-17-8-6-5-7-9-17/h5-13,22H,14-16H2,1-4H3/q+1. The van der Waals surface area contributed by atoms with Crippen LogP contribution in [0.3, 0.4) is 0 Å². The molecule has 24 heavy (non-hydrogen) atoms. The van der Waals surface area contributed by atoms with Crippen molar-refractivity contribution < 1.29 is 9.48 Å². The van der Waals surface area contributed by atoms with Crippen molar-refractivity contribution >= 4 is 11.6 Å². The first kappa shape index (κ1) is 18.9. The lowest BCUT2D eigenvalue weighted by molar-refractivity contribution is -1.09. The molecule has 0 aliphatic heterocycles. The third-order valence-electron chi connectivity index (χ3n) is 4.08. The number of benzene rings is 2. The molecule has 0 aliphatic carbocycles. The Balaban J connectivity index is 1.80. The monoisotopic (exact) mass is 347 g/mol. The quantitative estimate of drug-likeness (QED) is 0.435. The number of halogens is 1. The van der Waals surface area contributed by atoms with E-state index in [4.69, 9.17) is 16.4 Å². The van der Waals surface area contributed by atoms with Gasteiger partial charge in [0.05, 0.1) is 14.1 Å². The van der Waals surface area contributed by atoms with Crippen molar-refractivity contribution in [2.45, 2.75) is 25.9 Å². The summed E-state index contributed by atoms with van der Waals surface area (Å²) in [5.74, 6) is 0. The third-order valence-corrected chi connectivity index (χ3v) is 4.33. The molecule has 3 nitrogen and oxygen atoms in total. The summed E-state index contributed by atoms with van der Waals surface area (Å²) in [6.45, 7) is 6.62. The molecule has 0 aliphatic rings. The highest BCUT2D eigenvalue weighted by molar-refractivity contribution is 6.30. The van der Waals surface area contributed by atoms with Crippen molar-refractivity contribution in [1.82, 2.24) is 5.32 Å². The largest absolute Gasteiger partial charge is 0.305 e. The fourth-order valence-electron chi connectivity index (χ4n) is 2.69. The highest BCUT2D eigenvalue weighted by Crippen LogP contribution is 2.21. The van der Waals surface area contributed by atoms with Gasteiger partial charge in [0.2, 0.25) is 0 Å². The Morgan fingerprint density at radius 3 is 2.25 bits per heavy atom. The molecular formula is C20H28ClN2O+. The smallest absolute Gasteiger partial charge is 0.134 e. The van der Waals surface area contributed by atoms with Crippen LogP contribution in [0.25, 0.3) is 0 Å². The number of nitrogens with zero attached hydrogens (tertiary/aromatic N) is 1. The molecule has 2 aromatic carbocycles. The second kappa shape index (κ2) is 8.13. The lowest BCUT2D eigenvalue weighted by Gasteiger charge is -2.30. The number of hydroxylamine groups is 3. The highest BCUT2D eigenvalue weighted by atomic mass is 35.5. The maximum absolute atomic E-state index is 6.04. The Morgan fingerprint density at radius 2 is 1.62 bits per heavy atom. The van der Waals surface area contributed by atoms with E-state index in [2.05, 4.69) is 69.7 Å². The Bertz CT molecular complexity index is 624. The fraction of sp³-hybridized carbons (Fsp3) is 0.400. The van der Waals surface area contributed by atoms with E-state index < -0.39 is 0 Å². The number of quaternary nitrogens is 1. The predicted octanol–water partition coefficient (Wildman–Crippen LogP) is 4.37. The minimum Gasteiger partial charge on any atom is -0.305 e. The van der Waals surface area contributed by atoms with Crippen molar-refractivity contribution in [3.05, 3.63) is 70.7 Å². The average Bonchev–Trinajstić information content (AvgIpc) is 2.53. The first-order chi connectivity index (χ1) is 11.3. The Labute approximate surface area is 150 Å². The summed E-state index contributed by atoms with van der Waals surface area (Å²) in [7, 11) is 4.16. The maximum atomic E-state index is 6.04. The molecule has 0 saturated heterocycles. The zero-order valence-electron chi connectivity index (χ0n) is 15.1. The molecule has 2 aromatic rings. The van der Waals surface area contributed by atoms with Gasteiger partial charge in [-0.25, -0.2) is 4.84 Å². The molecule has 0 amide bonds. The molecule has 2 rings (SSSR count). The minimum atomic E-state index is -0.121. The van der Waals surface area contributed by atoms with Crippen molar-refractivity contribution in [2.75, 3.05) is 27.2 Å². The molecule has 0 unspecified atom stereocenters. The van der Waals surface area contributed by atoms with Crippen LogP contribution in [0.1, 0.15) is 25.0 Å². The van der Waals surface area contributed by atoms with Crippen LogP contribution in [0.15, 0.2) is 54.6 Å². The van der Waals surface area contributed by atoms with E-state index in [1.54, 1.807) is 0 Å². The van der Waals surface area contributed by atoms with Crippen LogP contribution in [0.5, 0.6) is 0 Å². The van der Waals surface area contributed by atoms with Crippen molar-refractivity contribution in [2.24, 2.45) is 0 Å². The van der Waals surface area contributed by atoms with Gasteiger partial charge in [-0.05, 0) is 31.5 Å². The van der Waals surface area contributed by atoms with Gasteiger partial charge < -0.3 is 5.32 Å². The Kier molecular flexibility index (Phi) is 6.41. The Morgan fingerprint density at radius 1 is 1.00 bits per heavy atom. The average molecular weight is 348 g/mol. The van der Waals surface area contributed by atoms with Crippen LogP contribution in [-0.4, -0.2) is 31.9 Å². The van der Waals surface area contributed by atoms with Crippen LogP contribution in [0.4, 0.5) is 0 Å². The summed E-state index contributed by atoms with van der Waals surface area (Å²) in [4.78, 5) is 6.04. The molecule has 1 N–H and O–H groups in total. The summed E-state index contributed by atoms with van der Waals surface area (Å²) >= 11 is 5.96. The Hall–Kier alpha value is -1.39. The zero-order valence-corrected chi connectivity index (χ0v) is 15.8. The lowest BCUT2D eigenvalue weighted by atomic mass is 9.94. The molecule has 0 heterocycles. The SMILES string of the molecule is CC(C)(NCCO[N+](C)(C)Cc1ccccc1)c1ccc(Cl)cc1. The molecule has 130 valence electrons. The zero-order chi connectivity index (χ0) is 17.6. The van der Waals surface area contributed by atoms with E-state index >= 15 is 0 Å². The molecular weight excluding hydrogens is 320 g/mol. The van der Waals surface area contributed by atoms with Gasteiger partial charge in [0.1, 0.15) is 13.2 Å². The van der Waals surface area contributed by atoms with E-state index in [9.17, 15) is 0 Å². The van der Waals surface area contributed by atoms with Gasteiger partial charge in [0.15, 0.2) is 0 Å². The molecule has 0 spiro atoms. The summed E-state index contributed by atoms with van der Waals surface area (Å²) in [6, 6.07) is 18.4. The molecule has 0 fully saturated rings. The van der Waals surface area contributed by atoms with Gasteiger partial charge in [-0.3, -0.25) is 0 Å². The first-order valence-corrected chi connectivity index (χ1v) is 8.69. The summed E-state index contributed by atoms with van der Waals surface area (Å²) in [5, 5.41) is 4.32. The van der Waals surface area contributed by atoms with E-state index in [1.807, 2.05) is 18.2 Å². The van der Waals surface area contributed by atoms with Crippen LogP contribution in [-0.2, 0) is 16.9 Å². The molecule has 0 aromatic heterocycles. The van der Waals surface area contributed by atoms with Crippen LogP contribution < -0.4 is 5.32 Å². The highest BCUT2D eigenvalue weighted by Gasteiger charge is 2.21. The summed E-state index contributed by atoms with van der Waals surface area (Å²) < 4.78 is 0.507. The molecule has 4 heteroatoms. The molecule has 0 saturated carbocycles. The van der Waals surface area contributed by atoms with Gasteiger partial charge in [0, 0.05) is 22.7 Å². The topological polar surface area (TPSA) is 21.3 Å². The van der Waals surface area contributed by atoms with Crippen molar-refractivity contribution in [3.63, 3.8) is 0 Å². The maximum Gasteiger partial charge on any atom is 0.134 e. The van der Waals surface area contributed by atoms with E-state index in [-0.39, 0.29) is 5.54 Å². The normalized spacial score (nSPS) is 12.4. The molecule has 0 atom stereocenters. The van der Waals surface area contributed by atoms with Gasteiger partial charge in [-0.2, -0.15) is 4.65 Å². The second-order valence-corrected chi connectivity index (χ2v) is 7.55. The minimum absolute atomic E-state index is 0.121. The predicted molar refractivity (Wildman–Crippen MR) is 101 cm³/mol. The van der Waals surface area contributed by atoms with Gasteiger partial charge in [-0.1, -0.05) is 54.1 Å². The van der Waals surface area contributed by atoms with E-state index in [0.29, 0.717) is 11.3 Å². The number of rotatable bonds is 8. The third kappa shape index (κ3) is 5.91. The van der Waals surface area contributed by atoms with Crippen molar-refractivity contribution in [3.8, 4) is 0 Å². The van der Waals surface area contributed by atoms with E-state index in [0.717, 1.165) is 18.1 Å². The lowest BCUT2D eigenvalue weighted by Crippen LogP contribution is -2.43. The van der Waals surface area contributed by atoms with Crippen LogP contribution in [0, 0.1) is 0 Å². The number of nitrogens with one attached hydrogen (secondary N) is 1. The summed E-state index contributed by atoms with van der Waals surface area (Å²) in [6.07, 6.45) is 0. The van der Waals surface area contributed by atoms with E-state index in [1.165, 1.54) is 11.1 Å². The van der Waals surface area contributed by atoms with Crippen LogP contribution in [0.2, 0.25) is 5.02 Å². The first-order valence-electron chi connectivity index (χ1n) is 8.31. The number of hydrogen-bond donors (Lipinski definition) is 1. The summed E-state index contributed by atoms with van der Waals surface area (Å²) in [5.41, 5.74) is 2.37. The number of hydrogen-bond acceptors (Lipinski definition) is 2. The second-order valence-electron chi connectivity index (χ2n) is 7.11. The van der Waals surface area contributed by atoms with Gasteiger partial charge in [-0.15, -0.1) is 0 Å². The molecule has 0 bridgehead atoms. The van der Waals surface area contributed by atoms with Crippen molar-refractivity contribution in [1.29, 1.82) is 0 Å². The van der Waals surface area contributed by atoms with Gasteiger partial charge >= 0.3 is 0 Å². The molecule has 0 radical (unpaired) electrons. The van der Waals surface area contributed by atoms with Gasteiger partial charge in [0.25, 0.3) is 0 Å². The van der Waals surface area contributed by atoms with Crippen LogP contribution >= 0.6 is 11.6 Å². The fourth-order valence-corrected chi connectivity index (χ4v) is 2.82.